The first-order valence-electron chi connectivity index (χ1n) is 4.35. The predicted molar refractivity (Wildman–Crippen MR) is 70.4 cm³/mol. The van der Waals surface area contributed by atoms with Crippen molar-refractivity contribution in [2.45, 2.75) is 13.8 Å². The second kappa shape index (κ2) is 22.5. The Morgan fingerprint density at radius 2 is 1.29 bits per heavy atom. The molecule has 0 fully saturated rings. The third-order valence-electron chi connectivity index (χ3n) is 0.844. The second-order valence-electron chi connectivity index (χ2n) is 2.28. The lowest BCUT2D eigenvalue weighted by atomic mass is 10.4. The number of hydrogen-bond donors (Lipinski definition) is 0. The van der Waals surface area contributed by atoms with E-state index >= 15 is 0 Å². The van der Waals surface area contributed by atoms with Crippen LogP contribution in [0, 0.1) is 0 Å². The van der Waals surface area contributed by atoms with Crippen LogP contribution < -0.4 is 0 Å². The molecule has 14 heavy (non-hydrogen) atoms. The minimum atomic E-state index is 1.02. The average molecular weight is 190 g/mol. The zero-order chi connectivity index (χ0) is 11.8. The molecule has 0 aliphatic rings. The van der Waals surface area contributed by atoms with E-state index in [0.29, 0.717) is 0 Å². The monoisotopic (exact) mass is 190 g/mol. The summed E-state index contributed by atoms with van der Waals surface area (Å²) in [6.07, 6.45) is 10.6. The van der Waals surface area contributed by atoms with Gasteiger partial charge in [0.1, 0.15) is 0 Å². The van der Waals surface area contributed by atoms with Crippen LogP contribution >= 0.6 is 0 Å². The highest BCUT2D eigenvalue weighted by atomic mass is 13.7. The lowest BCUT2D eigenvalue weighted by Crippen LogP contribution is -1.50. The molecule has 0 heteroatoms. The Hall–Kier alpha value is -1.56. The third-order valence-corrected chi connectivity index (χ3v) is 0.844. The molecule has 0 spiro atoms. The summed E-state index contributed by atoms with van der Waals surface area (Å²) >= 11 is 0. The van der Waals surface area contributed by atoms with Crippen molar-refractivity contribution in [2.75, 3.05) is 0 Å². The van der Waals surface area contributed by atoms with Crippen molar-refractivity contribution < 1.29 is 0 Å². The second-order valence-corrected chi connectivity index (χ2v) is 2.28. The minimum Gasteiger partial charge on any atom is -0.0991 e. The van der Waals surface area contributed by atoms with Gasteiger partial charge in [0.05, 0.1) is 0 Å². The van der Waals surface area contributed by atoms with Crippen LogP contribution in [0.4, 0.5) is 0 Å². The van der Waals surface area contributed by atoms with Crippen LogP contribution in [0.1, 0.15) is 13.8 Å². The fourth-order valence-electron chi connectivity index (χ4n) is 0.136. The molecular weight excluding hydrogens is 168 g/mol. The summed E-state index contributed by atoms with van der Waals surface area (Å²) in [7, 11) is 0. The van der Waals surface area contributed by atoms with Crippen molar-refractivity contribution in [1.82, 2.24) is 0 Å². The Bertz CT molecular complexity index is 186. The van der Waals surface area contributed by atoms with Gasteiger partial charge in [-0.1, -0.05) is 74.9 Å². The SMILES string of the molecule is C=CC(=C)C.C=CC=C.C=CC=CC. The van der Waals surface area contributed by atoms with Gasteiger partial charge >= 0.3 is 0 Å². The Morgan fingerprint density at radius 3 is 1.29 bits per heavy atom. The summed E-state index contributed by atoms with van der Waals surface area (Å²) in [4.78, 5) is 0. The largest absolute Gasteiger partial charge is 0.0991 e. The van der Waals surface area contributed by atoms with Gasteiger partial charge in [-0.05, 0) is 13.8 Å². The smallest absolute Gasteiger partial charge is 0.0404 e. The van der Waals surface area contributed by atoms with Gasteiger partial charge in [0.15, 0.2) is 0 Å². The molecule has 0 amide bonds. The molecular formula is C14H22. The third kappa shape index (κ3) is 78.6. The molecule has 0 saturated carbocycles. The van der Waals surface area contributed by atoms with Crippen molar-refractivity contribution in [3.63, 3.8) is 0 Å². The van der Waals surface area contributed by atoms with Crippen LogP contribution in [0.5, 0.6) is 0 Å². The molecule has 0 aliphatic carbocycles. The summed E-state index contributed by atoms with van der Waals surface area (Å²) in [6, 6.07) is 0. The normalized spacial score (nSPS) is 7.00. The molecule has 0 unspecified atom stereocenters. The highest BCUT2D eigenvalue weighted by molar-refractivity contribution is 5.05. The first kappa shape index (κ1) is 18.3. The molecule has 0 rings (SSSR count). The van der Waals surface area contributed by atoms with Gasteiger partial charge in [0.25, 0.3) is 0 Å². The van der Waals surface area contributed by atoms with Gasteiger partial charge in [-0.3, -0.25) is 0 Å². The quantitative estimate of drug-likeness (QED) is 0.558. The topological polar surface area (TPSA) is 0 Å². The molecule has 0 atom stereocenters. The first-order chi connectivity index (χ1) is 6.60. The number of hydrogen-bond acceptors (Lipinski definition) is 0. The zero-order valence-electron chi connectivity index (χ0n) is 9.50. The van der Waals surface area contributed by atoms with Crippen molar-refractivity contribution in [2.24, 2.45) is 0 Å². The Labute approximate surface area is 89.4 Å². The van der Waals surface area contributed by atoms with E-state index in [1.807, 2.05) is 26.0 Å². The number of allylic oxidation sites excluding steroid dienone is 7. The maximum Gasteiger partial charge on any atom is -0.0404 e. The van der Waals surface area contributed by atoms with E-state index < -0.39 is 0 Å². The molecule has 0 N–H and O–H groups in total. The van der Waals surface area contributed by atoms with E-state index in [1.54, 1.807) is 24.3 Å². The molecule has 78 valence electrons. The zero-order valence-corrected chi connectivity index (χ0v) is 9.50. The fourth-order valence-corrected chi connectivity index (χ4v) is 0.136. The first-order valence-corrected chi connectivity index (χ1v) is 4.35. The highest BCUT2D eigenvalue weighted by Crippen LogP contribution is 1.81. The van der Waals surface area contributed by atoms with E-state index in [4.69, 9.17) is 0 Å². The molecule has 0 aromatic carbocycles. The molecule has 0 radical (unpaired) electrons. The van der Waals surface area contributed by atoms with Crippen molar-refractivity contribution in [1.29, 1.82) is 0 Å². The fraction of sp³-hybridized carbons (Fsp3) is 0.143. The molecule has 0 heterocycles. The van der Waals surface area contributed by atoms with E-state index in [0.717, 1.165) is 5.57 Å². The van der Waals surface area contributed by atoms with Crippen LogP contribution in [-0.2, 0) is 0 Å². The summed E-state index contributed by atoms with van der Waals surface area (Å²) in [5, 5.41) is 0. The molecule has 0 aromatic rings. The Morgan fingerprint density at radius 1 is 0.929 bits per heavy atom. The van der Waals surface area contributed by atoms with Crippen molar-refractivity contribution >= 4 is 0 Å². The standard InChI is InChI=1S/2C5H8.C4H6/c1-4-5(2)3;1-3-5-4-2;1-3-4-2/h4H,1-2H2,3H3;3-5H,1H2,2H3;3-4H,1-2H2. The predicted octanol–water partition coefficient (Wildman–Crippen LogP) is 4.86. The Kier molecular flexibility index (Phi) is 29.4. The molecule has 0 nitrogen and oxygen atoms in total. The van der Waals surface area contributed by atoms with Gasteiger partial charge in [-0.15, -0.1) is 0 Å². The van der Waals surface area contributed by atoms with Gasteiger partial charge in [-0.2, -0.15) is 0 Å². The maximum atomic E-state index is 3.56. The van der Waals surface area contributed by atoms with Gasteiger partial charge in [-0.25, -0.2) is 0 Å². The van der Waals surface area contributed by atoms with E-state index in [9.17, 15) is 0 Å². The highest BCUT2D eigenvalue weighted by Gasteiger charge is 1.59. The number of rotatable bonds is 3. The maximum absolute atomic E-state index is 3.56. The van der Waals surface area contributed by atoms with Crippen LogP contribution in [0.3, 0.4) is 0 Å². The molecule has 0 saturated heterocycles. The minimum absolute atomic E-state index is 1.02. The van der Waals surface area contributed by atoms with Crippen LogP contribution in [0.15, 0.2) is 74.9 Å². The lowest BCUT2D eigenvalue weighted by Gasteiger charge is -1.71. The van der Waals surface area contributed by atoms with Gasteiger partial charge in [0, 0.05) is 0 Å². The average Bonchev–Trinajstić information content (AvgIpc) is 2.20. The van der Waals surface area contributed by atoms with E-state index in [2.05, 4.69) is 32.9 Å². The molecule has 0 bridgehead atoms. The lowest BCUT2D eigenvalue weighted by molar-refractivity contribution is 1.58. The van der Waals surface area contributed by atoms with E-state index in [-0.39, 0.29) is 0 Å². The van der Waals surface area contributed by atoms with Gasteiger partial charge < -0.3 is 0 Å². The molecule has 0 aromatic heterocycles. The van der Waals surface area contributed by atoms with Gasteiger partial charge in [0.2, 0.25) is 0 Å². The summed E-state index contributed by atoms with van der Waals surface area (Å²) in [5.41, 5.74) is 1.02. The van der Waals surface area contributed by atoms with Crippen molar-refractivity contribution in [3.05, 3.63) is 74.9 Å². The van der Waals surface area contributed by atoms with E-state index in [1.165, 1.54) is 0 Å². The summed E-state index contributed by atoms with van der Waals surface area (Å²) in [6.45, 7) is 21.1. The van der Waals surface area contributed by atoms with Crippen molar-refractivity contribution in [3.8, 4) is 0 Å². The van der Waals surface area contributed by atoms with Crippen LogP contribution in [0.2, 0.25) is 0 Å². The van der Waals surface area contributed by atoms with Crippen LogP contribution in [-0.4, -0.2) is 0 Å². The van der Waals surface area contributed by atoms with Crippen LogP contribution in [0.25, 0.3) is 0 Å². The summed E-state index contributed by atoms with van der Waals surface area (Å²) < 4.78 is 0. The Balaban J connectivity index is -0.000000131. The summed E-state index contributed by atoms with van der Waals surface area (Å²) in [5.74, 6) is 0. The molecule has 0 aliphatic heterocycles.